The van der Waals surface area contributed by atoms with E-state index < -0.39 is 0 Å². The van der Waals surface area contributed by atoms with Gasteiger partial charge in [-0.2, -0.15) is 5.10 Å². The maximum atomic E-state index is 12.2. The Morgan fingerprint density at radius 2 is 2.08 bits per heavy atom. The predicted octanol–water partition coefficient (Wildman–Crippen LogP) is 3.84. The Hall–Kier alpha value is -2.99. The van der Waals surface area contributed by atoms with Crippen LogP contribution in [0.3, 0.4) is 0 Å². The quantitative estimate of drug-likeness (QED) is 0.532. The number of fused-ring (bicyclic) bond motifs is 1. The predicted molar refractivity (Wildman–Crippen MR) is 92.3 cm³/mol. The first-order valence-electron chi connectivity index (χ1n) is 7.39. The lowest BCUT2D eigenvalue weighted by Crippen LogP contribution is -2.06. The highest BCUT2D eigenvalue weighted by molar-refractivity contribution is 7.17. The van der Waals surface area contributed by atoms with Gasteiger partial charge in [-0.05, 0) is 35.0 Å². The van der Waals surface area contributed by atoms with Gasteiger partial charge in [0, 0.05) is 28.9 Å². The number of nitrogens with zero attached hydrogens (tertiary/aromatic N) is 3. The van der Waals surface area contributed by atoms with E-state index in [0.717, 1.165) is 10.9 Å². The Labute approximate surface area is 142 Å². The van der Waals surface area contributed by atoms with Crippen LogP contribution < -0.4 is 0 Å². The monoisotopic (exact) mass is 335 g/mol. The minimum Gasteiger partial charge on any atom is -0.457 e. The Morgan fingerprint density at radius 3 is 2.88 bits per heavy atom. The van der Waals surface area contributed by atoms with E-state index in [0.29, 0.717) is 11.4 Å². The van der Waals surface area contributed by atoms with Crippen LogP contribution in [0.4, 0.5) is 0 Å². The molecule has 0 saturated carbocycles. The molecule has 4 aromatic rings. The average Bonchev–Trinajstić information content (AvgIpc) is 3.30. The molecule has 6 heteroatoms. The molecule has 0 aliphatic rings. The van der Waals surface area contributed by atoms with Crippen molar-refractivity contribution in [3.8, 4) is 5.82 Å². The van der Waals surface area contributed by atoms with Crippen LogP contribution in [0.2, 0.25) is 0 Å². The number of hydrogen-bond acceptors (Lipinski definition) is 5. The molecule has 0 fully saturated rings. The number of carbonyl (C=O) groups excluding carboxylic acids is 1. The van der Waals surface area contributed by atoms with Crippen molar-refractivity contribution < 1.29 is 9.53 Å². The standard InChI is InChI=1S/C18H13N3O2S/c22-18(13-6-7-17(19-10-13)21-9-3-8-20-21)23-11-14-12-24-16-5-2-1-4-15(14)16/h1-10,12H,11H2. The Bertz CT molecular complexity index is 975. The van der Waals surface area contributed by atoms with Crippen LogP contribution in [-0.4, -0.2) is 20.7 Å². The summed E-state index contributed by atoms with van der Waals surface area (Å²) >= 11 is 1.65. The Morgan fingerprint density at radius 1 is 1.17 bits per heavy atom. The third-order valence-electron chi connectivity index (χ3n) is 3.64. The molecule has 118 valence electrons. The first-order valence-corrected chi connectivity index (χ1v) is 8.27. The van der Waals surface area contributed by atoms with E-state index in [9.17, 15) is 4.79 Å². The molecule has 0 atom stereocenters. The van der Waals surface area contributed by atoms with Crippen LogP contribution in [0.5, 0.6) is 0 Å². The summed E-state index contributed by atoms with van der Waals surface area (Å²) in [5.41, 5.74) is 1.44. The van der Waals surface area contributed by atoms with Gasteiger partial charge in [0.15, 0.2) is 5.82 Å². The van der Waals surface area contributed by atoms with Crippen molar-refractivity contribution in [2.45, 2.75) is 6.61 Å². The zero-order valence-corrected chi connectivity index (χ0v) is 13.4. The molecule has 3 heterocycles. The maximum Gasteiger partial charge on any atom is 0.340 e. The smallest absolute Gasteiger partial charge is 0.340 e. The molecule has 0 amide bonds. The first-order chi connectivity index (χ1) is 11.8. The molecule has 0 bridgehead atoms. The lowest BCUT2D eigenvalue weighted by Gasteiger charge is -2.05. The van der Waals surface area contributed by atoms with Gasteiger partial charge in [0.05, 0.1) is 5.56 Å². The lowest BCUT2D eigenvalue weighted by molar-refractivity contribution is 0.0474. The zero-order valence-electron chi connectivity index (χ0n) is 12.6. The van der Waals surface area contributed by atoms with Crippen molar-refractivity contribution in [1.82, 2.24) is 14.8 Å². The third-order valence-corrected chi connectivity index (χ3v) is 4.65. The fourth-order valence-electron chi connectivity index (χ4n) is 2.42. The van der Waals surface area contributed by atoms with E-state index in [2.05, 4.69) is 16.1 Å². The second-order valence-electron chi connectivity index (χ2n) is 5.19. The summed E-state index contributed by atoms with van der Waals surface area (Å²) < 4.78 is 8.24. The van der Waals surface area contributed by atoms with E-state index >= 15 is 0 Å². The SMILES string of the molecule is O=C(OCc1csc2ccccc12)c1ccc(-n2cccn2)nc1. The van der Waals surface area contributed by atoms with Gasteiger partial charge in [-0.1, -0.05) is 18.2 Å². The van der Waals surface area contributed by atoms with Crippen molar-refractivity contribution in [3.63, 3.8) is 0 Å². The van der Waals surface area contributed by atoms with E-state index in [4.69, 9.17) is 4.74 Å². The number of benzene rings is 1. The second kappa shape index (κ2) is 6.25. The van der Waals surface area contributed by atoms with Gasteiger partial charge in [-0.3, -0.25) is 0 Å². The van der Waals surface area contributed by atoms with Gasteiger partial charge < -0.3 is 4.74 Å². The highest BCUT2D eigenvalue weighted by Gasteiger charge is 2.11. The van der Waals surface area contributed by atoms with Crippen molar-refractivity contribution in [3.05, 3.63) is 77.6 Å². The van der Waals surface area contributed by atoms with E-state index in [1.165, 1.54) is 10.9 Å². The average molecular weight is 335 g/mol. The van der Waals surface area contributed by atoms with Crippen LogP contribution in [-0.2, 0) is 11.3 Å². The van der Waals surface area contributed by atoms with Crippen molar-refractivity contribution in [1.29, 1.82) is 0 Å². The molecule has 0 radical (unpaired) electrons. The fraction of sp³-hybridized carbons (Fsp3) is 0.0556. The fourth-order valence-corrected chi connectivity index (χ4v) is 3.37. The molecule has 0 N–H and O–H groups in total. The maximum absolute atomic E-state index is 12.2. The molecule has 0 aliphatic heterocycles. The van der Waals surface area contributed by atoms with E-state index in [1.807, 2.05) is 29.6 Å². The Kier molecular flexibility index (Phi) is 3.80. The zero-order chi connectivity index (χ0) is 16.4. The number of carbonyl (C=O) groups is 1. The molecule has 4 rings (SSSR count). The molecule has 24 heavy (non-hydrogen) atoms. The molecule has 0 saturated heterocycles. The van der Waals surface area contributed by atoms with Crippen molar-refractivity contribution >= 4 is 27.4 Å². The molecule has 0 aliphatic carbocycles. The normalized spacial score (nSPS) is 10.8. The van der Waals surface area contributed by atoms with Gasteiger partial charge in [-0.25, -0.2) is 14.5 Å². The van der Waals surface area contributed by atoms with Crippen LogP contribution in [0.1, 0.15) is 15.9 Å². The molecular weight excluding hydrogens is 322 g/mol. The topological polar surface area (TPSA) is 57.0 Å². The van der Waals surface area contributed by atoms with E-state index in [-0.39, 0.29) is 12.6 Å². The number of esters is 1. The van der Waals surface area contributed by atoms with Gasteiger partial charge >= 0.3 is 5.97 Å². The number of pyridine rings is 1. The number of thiophene rings is 1. The number of hydrogen-bond donors (Lipinski definition) is 0. The summed E-state index contributed by atoms with van der Waals surface area (Å²) in [5, 5.41) is 7.25. The molecule has 5 nitrogen and oxygen atoms in total. The second-order valence-corrected chi connectivity index (χ2v) is 6.10. The van der Waals surface area contributed by atoms with Crippen LogP contribution >= 0.6 is 11.3 Å². The minimum atomic E-state index is -0.384. The largest absolute Gasteiger partial charge is 0.457 e. The van der Waals surface area contributed by atoms with Crippen LogP contribution in [0, 0.1) is 0 Å². The summed E-state index contributed by atoms with van der Waals surface area (Å²) in [7, 11) is 0. The highest BCUT2D eigenvalue weighted by Crippen LogP contribution is 2.26. The third kappa shape index (κ3) is 2.79. The molecule has 0 spiro atoms. The summed E-state index contributed by atoms with van der Waals surface area (Å²) in [5.74, 6) is 0.269. The number of aromatic nitrogens is 3. The molecule has 3 aromatic heterocycles. The summed E-state index contributed by atoms with van der Waals surface area (Å²) in [4.78, 5) is 16.4. The molecule has 0 unspecified atom stereocenters. The number of ether oxygens (including phenoxy) is 1. The summed E-state index contributed by atoms with van der Waals surface area (Å²) in [6, 6.07) is 13.3. The van der Waals surface area contributed by atoms with Gasteiger partial charge in [-0.15, -0.1) is 11.3 Å². The van der Waals surface area contributed by atoms with Crippen molar-refractivity contribution in [2.75, 3.05) is 0 Å². The summed E-state index contributed by atoms with van der Waals surface area (Å²) in [6.07, 6.45) is 4.97. The first kappa shape index (κ1) is 14.6. The summed E-state index contributed by atoms with van der Waals surface area (Å²) in [6.45, 7) is 0.254. The molecule has 1 aromatic carbocycles. The number of rotatable bonds is 4. The lowest BCUT2D eigenvalue weighted by atomic mass is 10.2. The molecular formula is C18H13N3O2S. The highest BCUT2D eigenvalue weighted by atomic mass is 32.1. The van der Waals surface area contributed by atoms with Gasteiger partial charge in [0.2, 0.25) is 0 Å². The van der Waals surface area contributed by atoms with Gasteiger partial charge in [0.25, 0.3) is 0 Å². The van der Waals surface area contributed by atoms with Crippen LogP contribution in [0.25, 0.3) is 15.9 Å². The van der Waals surface area contributed by atoms with E-state index in [1.54, 1.807) is 40.5 Å². The Balaban J connectivity index is 1.46. The van der Waals surface area contributed by atoms with Gasteiger partial charge in [0.1, 0.15) is 6.61 Å². The minimum absolute atomic E-state index is 0.254. The van der Waals surface area contributed by atoms with Crippen molar-refractivity contribution in [2.24, 2.45) is 0 Å². The van der Waals surface area contributed by atoms with Crippen LogP contribution in [0.15, 0.2) is 66.4 Å².